The van der Waals surface area contributed by atoms with Gasteiger partial charge in [-0.25, -0.2) is 9.97 Å². The quantitative estimate of drug-likeness (QED) is 0.551. The molecule has 1 aliphatic rings. The second-order valence-electron chi connectivity index (χ2n) is 8.28. The van der Waals surface area contributed by atoms with Crippen molar-refractivity contribution >= 4 is 17.9 Å². The smallest absolute Gasteiger partial charge is 0.222 e. The van der Waals surface area contributed by atoms with Crippen LogP contribution in [0.15, 0.2) is 30.6 Å². The Morgan fingerprint density at radius 3 is 2.20 bits per heavy atom. The van der Waals surface area contributed by atoms with Gasteiger partial charge in [0.15, 0.2) is 6.29 Å². The number of carbonyl (C=O) groups excluding carboxylic acids is 1. The van der Waals surface area contributed by atoms with E-state index in [-0.39, 0.29) is 11.0 Å². The number of nitriles is 1. The van der Waals surface area contributed by atoms with Gasteiger partial charge < -0.3 is 15.2 Å². The lowest BCUT2D eigenvalue weighted by Gasteiger charge is -2.57. The third kappa shape index (κ3) is 6.97. The van der Waals surface area contributed by atoms with Gasteiger partial charge in [-0.2, -0.15) is 5.26 Å². The van der Waals surface area contributed by atoms with E-state index in [1.54, 1.807) is 0 Å². The molecule has 1 aromatic heterocycles. The minimum absolute atomic E-state index is 0.0980. The number of hydrogen-bond acceptors (Lipinski definition) is 7. The first kappa shape index (κ1) is 25.3. The van der Waals surface area contributed by atoms with Crippen molar-refractivity contribution in [1.29, 1.82) is 5.26 Å². The molecule has 0 unspecified atom stereocenters. The predicted octanol–water partition coefficient (Wildman–Crippen LogP) is 4.25. The Bertz CT molecular complexity index is 863. The second-order valence-corrected chi connectivity index (χ2v) is 8.61. The normalized spacial score (nSPS) is 15.8. The number of phenols is 1. The standard InChI is InChI=1S/C9H19N.C8H7NO2.C5H3ClN2O/c1-8(2)6-9(3,4)7(8)10-5;1-11-8-4-7(10)3-2-6(8)5-9;6-5-7-1-4(3-9)2-8-5/h7,10H,6H2,1-5H3;2-4,10H,1H3;1-3H. The molecule has 1 saturated carbocycles. The molecule has 0 amide bonds. The minimum atomic E-state index is 0.0980. The van der Waals surface area contributed by atoms with Gasteiger partial charge in [-0.15, -0.1) is 0 Å². The maximum Gasteiger partial charge on any atom is 0.222 e. The lowest BCUT2D eigenvalue weighted by molar-refractivity contribution is -0.0364. The summed E-state index contributed by atoms with van der Waals surface area (Å²) in [6.07, 6.45) is 4.73. The number of benzene rings is 1. The van der Waals surface area contributed by atoms with E-state index in [9.17, 15) is 4.79 Å². The fourth-order valence-electron chi connectivity index (χ4n) is 4.24. The van der Waals surface area contributed by atoms with Gasteiger partial charge in [0.1, 0.15) is 17.6 Å². The molecule has 1 aliphatic carbocycles. The van der Waals surface area contributed by atoms with Gasteiger partial charge in [0, 0.05) is 24.5 Å². The minimum Gasteiger partial charge on any atom is -0.508 e. The first-order valence-electron chi connectivity index (χ1n) is 9.38. The Morgan fingerprint density at radius 1 is 1.27 bits per heavy atom. The van der Waals surface area contributed by atoms with E-state index in [0.29, 0.717) is 40.0 Å². The van der Waals surface area contributed by atoms with Crippen LogP contribution in [-0.2, 0) is 0 Å². The van der Waals surface area contributed by atoms with Crippen molar-refractivity contribution in [3.63, 3.8) is 0 Å². The summed E-state index contributed by atoms with van der Waals surface area (Å²) in [6, 6.07) is 6.99. The van der Waals surface area contributed by atoms with Crippen molar-refractivity contribution in [3.8, 4) is 17.6 Å². The van der Waals surface area contributed by atoms with Gasteiger partial charge in [0.2, 0.25) is 5.28 Å². The number of hydrogen-bond donors (Lipinski definition) is 2. The SMILES string of the molecule is CNC1C(C)(C)CC1(C)C.COc1cc(O)ccc1C#N.O=Cc1cnc(Cl)nc1. The molecule has 0 radical (unpaired) electrons. The third-order valence-electron chi connectivity index (χ3n) is 4.84. The number of nitrogens with zero attached hydrogens (tertiary/aromatic N) is 3. The number of aldehydes is 1. The van der Waals surface area contributed by atoms with E-state index < -0.39 is 0 Å². The van der Waals surface area contributed by atoms with Crippen LogP contribution >= 0.6 is 11.6 Å². The van der Waals surface area contributed by atoms with E-state index in [1.165, 1.54) is 44.1 Å². The summed E-state index contributed by atoms with van der Waals surface area (Å²) in [5.41, 5.74) is 1.88. The largest absolute Gasteiger partial charge is 0.508 e. The van der Waals surface area contributed by atoms with Crippen molar-refractivity contribution in [1.82, 2.24) is 15.3 Å². The maximum absolute atomic E-state index is 9.99. The molecule has 0 atom stereocenters. The summed E-state index contributed by atoms with van der Waals surface area (Å²) in [7, 11) is 3.52. The zero-order valence-corrected chi connectivity index (χ0v) is 19.0. The van der Waals surface area contributed by atoms with E-state index in [4.69, 9.17) is 26.7 Å². The predicted molar refractivity (Wildman–Crippen MR) is 117 cm³/mol. The summed E-state index contributed by atoms with van der Waals surface area (Å²) in [4.78, 5) is 17.1. The van der Waals surface area contributed by atoms with Gasteiger partial charge >= 0.3 is 0 Å². The fraction of sp³-hybridized carbons (Fsp3) is 0.455. The van der Waals surface area contributed by atoms with Crippen LogP contribution in [0.4, 0.5) is 0 Å². The monoisotopic (exact) mass is 432 g/mol. The highest BCUT2D eigenvalue weighted by atomic mass is 35.5. The molecule has 1 aromatic carbocycles. The summed E-state index contributed by atoms with van der Waals surface area (Å²) in [5.74, 6) is 0.494. The number of aromatic hydroxyl groups is 1. The Morgan fingerprint density at radius 2 is 1.83 bits per heavy atom. The Labute approximate surface area is 183 Å². The molecule has 0 bridgehead atoms. The van der Waals surface area contributed by atoms with Crippen LogP contribution in [0.3, 0.4) is 0 Å². The van der Waals surface area contributed by atoms with Crippen molar-refractivity contribution in [2.45, 2.75) is 40.2 Å². The molecule has 1 heterocycles. The number of rotatable bonds is 3. The van der Waals surface area contributed by atoms with Crippen molar-refractivity contribution in [3.05, 3.63) is 47.0 Å². The lowest BCUT2D eigenvalue weighted by Crippen LogP contribution is -2.61. The summed E-state index contributed by atoms with van der Waals surface area (Å²) in [5, 5.41) is 21.0. The van der Waals surface area contributed by atoms with Crippen LogP contribution < -0.4 is 10.1 Å². The van der Waals surface area contributed by atoms with Gasteiger partial charge in [0.05, 0.1) is 18.2 Å². The van der Waals surface area contributed by atoms with Crippen LogP contribution in [0.1, 0.15) is 50.0 Å². The Balaban J connectivity index is 0.000000226. The zero-order chi connectivity index (χ0) is 22.9. The molecular weight excluding hydrogens is 404 g/mol. The number of methoxy groups -OCH3 is 1. The number of ether oxygens (including phenoxy) is 1. The zero-order valence-electron chi connectivity index (χ0n) is 18.2. The average molecular weight is 433 g/mol. The van der Waals surface area contributed by atoms with Crippen LogP contribution in [0, 0.1) is 22.2 Å². The molecule has 7 nitrogen and oxygen atoms in total. The van der Waals surface area contributed by atoms with Crippen molar-refractivity contribution < 1.29 is 14.6 Å². The summed E-state index contributed by atoms with van der Waals surface area (Å²) < 4.78 is 4.83. The number of halogens is 1. The molecule has 0 aliphatic heterocycles. The Kier molecular flexibility index (Phi) is 9.22. The molecule has 30 heavy (non-hydrogen) atoms. The fourth-order valence-corrected chi connectivity index (χ4v) is 4.34. The van der Waals surface area contributed by atoms with E-state index in [1.807, 2.05) is 6.07 Å². The molecule has 0 saturated heterocycles. The summed E-state index contributed by atoms with van der Waals surface area (Å²) in [6.45, 7) is 9.33. The number of nitrogens with one attached hydrogen (secondary N) is 1. The molecule has 8 heteroatoms. The van der Waals surface area contributed by atoms with Crippen LogP contribution in [0.25, 0.3) is 0 Å². The molecule has 2 N–H and O–H groups in total. The topological polar surface area (TPSA) is 108 Å². The van der Waals surface area contributed by atoms with Crippen LogP contribution in [-0.4, -0.2) is 41.6 Å². The molecule has 2 aromatic rings. The van der Waals surface area contributed by atoms with Crippen LogP contribution in [0.5, 0.6) is 11.5 Å². The highest BCUT2D eigenvalue weighted by Gasteiger charge is 2.51. The first-order chi connectivity index (χ1) is 14.0. The van der Waals surface area contributed by atoms with E-state index >= 15 is 0 Å². The van der Waals surface area contributed by atoms with Gasteiger partial charge in [-0.05, 0) is 48.0 Å². The third-order valence-corrected chi connectivity index (χ3v) is 5.04. The summed E-state index contributed by atoms with van der Waals surface area (Å²) >= 11 is 5.33. The Hall–Kier alpha value is -2.69. The van der Waals surface area contributed by atoms with E-state index in [0.717, 1.165) is 0 Å². The molecule has 1 fully saturated rings. The van der Waals surface area contributed by atoms with Crippen molar-refractivity contribution in [2.75, 3.05) is 14.2 Å². The lowest BCUT2D eigenvalue weighted by atomic mass is 9.52. The van der Waals surface area contributed by atoms with Gasteiger partial charge in [-0.1, -0.05) is 27.7 Å². The second kappa shape index (κ2) is 10.9. The number of carbonyl (C=O) groups is 1. The van der Waals surface area contributed by atoms with Gasteiger partial charge in [-0.3, -0.25) is 4.79 Å². The van der Waals surface area contributed by atoms with Gasteiger partial charge in [0.25, 0.3) is 0 Å². The molecule has 162 valence electrons. The maximum atomic E-state index is 9.99. The van der Waals surface area contributed by atoms with Crippen molar-refractivity contribution in [2.24, 2.45) is 10.8 Å². The molecule has 3 rings (SSSR count). The van der Waals surface area contributed by atoms with Crippen LogP contribution in [0.2, 0.25) is 5.28 Å². The van der Waals surface area contributed by atoms with E-state index in [2.05, 4.69) is 50.0 Å². The average Bonchev–Trinajstić information content (AvgIpc) is 2.68. The number of aromatic nitrogens is 2. The molecule has 0 spiro atoms. The first-order valence-corrected chi connectivity index (χ1v) is 9.75. The molecular formula is C22H29ClN4O3. The number of phenolic OH excluding ortho intramolecular Hbond substituents is 1. The highest BCUT2D eigenvalue weighted by molar-refractivity contribution is 6.28. The highest BCUT2D eigenvalue weighted by Crippen LogP contribution is 2.53.